The first-order valence-electron chi connectivity index (χ1n) is 13.9. The normalized spacial score (nSPS) is 18.0. The number of nitrogens with zero attached hydrogens (tertiary/aromatic N) is 4. The Hall–Kier alpha value is -4.72. The number of rotatable bonds is 5. The van der Waals surface area contributed by atoms with Gasteiger partial charge in [0.2, 0.25) is 5.91 Å². The van der Waals surface area contributed by atoms with Crippen LogP contribution in [0.5, 0.6) is 5.75 Å². The highest BCUT2D eigenvalue weighted by Crippen LogP contribution is 2.47. The number of carbonyl (C=O) groups excluding carboxylic acids is 2. The van der Waals surface area contributed by atoms with Crippen LogP contribution >= 0.6 is 0 Å². The quantitative estimate of drug-likeness (QED) is 0.345. The molecule has 0 saturated carbocycles. The number of carbonyl (C=O) groups is 2. The van der Waals surface area contributed by atoms with Crippen LogP contribution in [0.3, 0.4) is 0 Å². The van der Waals surface area contributed by atoms with Gasteiger partial charge in [-0.25, -0.2) is 4.79 Å². The van der Waals surface area contributed by atoms with Gasteiger partial charge in [0.05, 0.1) is 17.7 Å². The van der Waals surface area contributed by atoms with Crippen molar-refractivity contribution in [2.75, 3.05) is 18.0 Å². The summed E-state index contributed by atoms with van der Waals surface area (Å²) in [5, 5.41) is 19.5. The van der Waals surface area contributed by atoms with Crippen molar-refractivity contribution >= 4 is 17.8 Å². The second-order valence-electron chi connectivity index (χ2n) is 10.9. The minimum absolute atomic E-state index is 0.0851. The number of aromatic hydroxyl groups is 1. The fourth-order valence-electron chi connectivity index (χ4n) is 5.88. The average molecular weight is 549 g/mol. The monoisotopic (exact) mass is 548 g/mol. The van der Waals surface area contributed by atoms with Crippen molar-refractivity contribution < 1.29 is 19.4 Å². The van der Waals surface area contributed by atoms with E-state index >= 15 is 0 Å². The van der Waals surface area contributed by atoms with Crippen LogP contribution in [0.4, 0.5) is 10.6 Å². The molecule has 4 aromatic rings. The molecule has 1 N–H and O–H groups in total. The second-order valence-corrected chi connectivity index (χ2v) is 10.9. The first-order chi connectivity index (χ1) is 19.9. The first kappa shape index (κ1) is 26.5. The number of amides is 2. The van der Waals surface area contributed by atoms with E-state index in [-0.39, 0.29) is 24.8 Å². The van der Waals surface area contributed by atoms with Gasteiger partial charge in [0.15, 0.2) is 5.82 Å². The molecule has 1 fully saturated rings. The van der Waals surface area contributed by atoms with Gasteiger partial charge in [0, 0.05) is 24.2 Å². The minimum atomic E-state index is -0.992. The van der Waals surface area contributed by atoms with Gasteiger partial charge in [-0.15, -0.1) is 10.2 Å². The summed E-state index contributed by atoms with van der Waals surface area (Å²) in [6.07, 6.45) is 0.756. The van der Waals surface area contributed by atoms with Crippen molar-refractivity contribution in [3.63, 3.8) is 0 Å². The Balaban J connectivity index is 1.36. The van der Waals surface area contributed by atoms with Gasteiger partial charge in [-0.2, -0.15) is 0 Å². The minimum Gasteiger partial charge on any atom is -0.507 e. The van der Waals surface area contributed by atoms with Gasteiger partial charge in [0.25, 0.3) is 0 Å². The van der Waals surface area contributed by atoms with Crippen molar-refractivity contribution in [1.82, 2.24) is 15.1 Å². The highest BCUT2D eigenvalue weighted by Gasteiger charge is 2.55. The standard InChI is InChI=1S/C33H32N4O4/c1-22-13-14-25(17-23(22)2)19-37-30-27(18-28(34-35-30)26-11-6-7-12-29(26)38)33(31(37)39)15-8-16-36(21-33)32(40)41-20-24-9-4-3-5-10-24/h3-7,9-14,17-18,38H,8,15-16,19-21H2,1-2H3. The Kier molecular flexibility index (Phi) is 6.91. The van der Waals surface area contributed by atoms with Crippen molar-refractivity contribution in [2.45, 2.75) is 45.3 Å². The molecule has 3 heterocycles. The third kappa shape index (κ3) is 4.90. The van der Waals surface area contributed by atoms with Crippen molar-refractivity contribution in [1.29, 1.82) is 0 Å². The number of hydrogen-bond acceptors (Lipinski definition) is 6. The van der Waals surface area contributed by atoms with E-state index in [4.69, 9.17) is 4.74 Å². The SMILES string of the molecule is Cc1ccc(CN2C(=O)C3(CCCN(C(=O)OCc4ccccc4)C3)c3cc(-c4ccccc4O)nnc32)cc1C. The summed E-state index contributed by atoms with van der Waals surface area (Å²) in [6.45, 7) is 5.30. The molecule has 8 nitrogen and oxygen atoms in total. The van der Waals surface area contributed by atoms with Crippen LogP contribution in [0.1, 0.15) is 40.7 Å². The number of aryl methyl sites for hydroxylation is 2. The number of ether oxygens (including phenoxy) is 1. The number of benzene rings is 3. The fourth-order valence-corrected chi connectivity index (χ4v) is 5.88. The van der Waals surface area contributed by atoms with E-state index in [0.29, 0.717) is 43.0 Å². The van der Waals surface area contributed by atoms with Crippen LogP contribution in [-0.2, 0) is 28.1 Å². The summed E-state index contributed by atoms with van der Waals surface area (Å²) in [4.78, 5) is 30.9. The summed E-state index contributed by atoms with van der Waals surface area (Å²) in [7, 11) is 0. The number of para-hydroxylation sites is 1. The predicted octanol–water partition coefficient (Wildman–Crippen LogP) is 5.68. The van der Waals surface area contributed by atoms with Gasteiger partial charge in [0.1, 0.15) is 12.4 Å². The Morgan fingerprint density at radius 1 is 0.951 bits per heavy atom. The number of fused-ring (bicyclic) bond motifs is 2. The lowest BCUT2D eigenvalue weighted by Gasteiger charge is -2.38. The third-order valence-corrected chi connectivity index (χ3v) is 8.25. The third-order valence-electron chi connectivity index (χ3n) is 8.25. The van der Waals surface area contributed by atoms with Gasteiger partial charge in [-0.1, -0.05) is 60.7 Å². The number of phenols is 1. The Morgan fingerprint density at radius 3 is 2.51 bits per heavy atom. The van der Waals surface area contributed by atoms with Gasteiger partial charge >= 0.3 is 6.09 Å². The molecular weight excluding hydrogens is 516 g/mol. The van der Waals surface area contributed by atoms with E-state index in [1.165, 1.54) is 5.56 Å². The number of aromatic nitrogens is 2. The highest BCUT2D eigenvalue weighted by atomic mass is 16.6. The Bertz CT molecular complexity index is 1620. The molecule has 1 unspecified atom stereocenters. The first-order valence-corrected chi connectivity index (χ1v) is 13.9. The average Bonchev–Trinajstić information content (AvgIpc) is 3.20. The highest BCUT2D eigenvalue weighted by molar-refractivity contribution is 6.08. The van der Waals surface area contributed by atoms with E-state index in [9.17, 15) is 14.7 Å². The van der Waals surface area contributed by atoms with E-state index < -0.39 is 11.5 Å². The molecule has 0 aliphatic carbocycles. The molecule has 2 aliphatic rings. The second kappa shape index (κ2) is 10.7. The van der Waals surface area contributed by atoms with Gasteiger partial charge < -0.3 is 14.7 Å². The van der Waals surface area contributed by atoms with Crippen LogP contribution in [0, 0.1) is 13.8 Å². The summed E-state index contributed by atoms with van der Waals surface area (Å²) in [5.74, 6) is 0.476. The molecule has 2 aliphatic heterocycles. The number of piperidine rings is 1. The van der Waals surface area contributed by atoms with E-state index in [1.54, 1.807) is 28.0 Å². The zero-order chi connectivity index (χ0) is 28.6. The van der Waals surface area contributed by atoms with Crippen LogP contribution in [-0.4, -0.2) is 45.3 Å². The number of phenolic OH excluding ortho intramolecular Hbond substituents is 1. The molecule has 3 aromatic carbocycles. The molecule has 1 atom stereocenters. The number of anilines is 1. The number of likely N-dealkylation sites (tertiary alicyclic amines) is 1. The largest absolute Gasteiger partial charge is 0.507 e. The van der Waals surface area contributed by atoms with E-state index in [0.717, 1.165) is 22.3 Å². The van der Waals surface area contributed by atoms with Crippen LogP contribution in [0.2, 0.25) is 0 Å². The zero-order valence-corrected chi connectivity index (χ0v) is 23.2. The Morgan fingerprint density at radius 2 is 1.73 bits per heavy atom. The van der Waals surface area contributed by atoms with Crippen molar-refractivity contribution in [3.8, 4) is 17.0 Å². The van der Waals surface area contributed by atoms with Crippen LogP contribution < -0.4 is 4.90 Å². The van der Waals surface area contributed by atoms with Crippen molar-refractivity contribution in [2.24, 2.45) is 0 Å². The van der Waals surface area contributed by atoms with Gasteiger partial charge in [-0.05, 0) is 67.1 Å². The molecule has 0 bridgehead atoms. The molecule has 8 heteroatoms. The zero-order valence-electron chi connectivity index (χ0n) is 23.2. The molecule has 1 spiro atoms. The molecule has 1 aromatic heterocycles. The smallest absolute Gasteiger partial charge is 0.410 e. The molecule has 1 saturated heterocycles. The molecular formula is C33H32N4O4. The summed E-state index contributed by atoms with van der Waals surface area (Å²) in [5.41, 5.74) is 4.97. The van der Waals surface area contributed by atoms with Gasteiger partial charge in [-0.3, -0.25) is 9.69 Å². The lowest BCUT2D eigenvalue weighted by atomic mass is 9.75. The summed E-state index contributed by atoms with van der Waals surface area (Å²) >= 11 is 0. The van der Waals surface area contributed by atoms with E-state index in [2.05, 4.69) is 36.2 Å². The lowest BCUT2D eigenvalue weighted by molar-refractivity contribution is -0.125. The molecule has 2 amide bonds. The summed E-state index contributed by atoms with van der Waals surface area (Å²) < 4.78 is 5.65. The molecule has 6 rings (SSSR count). The fraction of sp³-hybridized carbons (Fsp3) is 0.273. The predicted molar refractivity (Wildman–Crippen MR) is 155 cm³/mol. The maximum Gasteiger partial charge on any atom is 0.410 e. The molecule has 41 heavy (non-hydrogen) atoms. The maximum atomic E-state index is 14.4. The van der Waals surface area contributed by atoms with E-state index in [1.807, 2.05) is 48.5 Å². The number of hydrogen-bond donors (Lipinski definition) is 1. The summed E-state index contributed by atoms with van der Waals surface area (Å²) in [6, 6.07) is 24.5. The lowest BCUT2D eigenvalue weighted by Crippen LogP contribution is -2.53. The maximum absolute atomic E-state index is 14.4. The molecule has 0 radical (unpaired) electrons. The van der Waals surface area contributed by atoms with Crippen molar-refractivity contribution in [3.05, 3.63) is 107 Å². The van der Waals surface area contributed by atoms with Crippen LogP contribution in [0.25, 0.3) is 11.3 Å². The molecule has 208 valence electrons. The van der Waals surface area contributed by atoms with Crippen LogP contribution in [0.15, 0.2) is 78.9 Å². The Labute approximate surface area is 239 Å². The topological polar surface area (TPSA) is 95.9 Å².